The Kier molecular flexibility index (Phi) is 1.89. The standard InChI is InChI=1S/C13H13N/c1-14(12-8-4-2-5-9-12)13-10-6-3-7-11-13/h2-11H,1H3/i8D,10D. The van der Waals surface area contributed by atoms with Gasteiger partial charge in [-0.05, 0) is 24.2 Å². The molecule has 0 aliphatic carbocycles. The van der Waals surface area contributed by atoms with Crippen molar-refractivity contribution in [3.8, 4) is 0 Å². The first-order chi connectivity index (χ1) is 7.70. The third kappa shape index (κ3) is 1.77. The van der Waals surface area contributed by atoms with Gasteiger partial charge in [-0.15, -0.1) is 0 Å². The molecule has 1 nitrogen and oxygen atoms in total. The molecule has 0 bridgehead atoms. The second-order valence-electron chi connectivity index (χ2n) is 3.05. The fraction of sp³-hybridized carbons (Fsp3) is 0.0769. The SMILES string of the molecule is [2H]c1ccccc1N(C)c1ccccc1[2H]. The van der Waals surface area contributed by atoms with Gasteiger partial charge >= 0.3 is 0 Å². The van der Waals surface area contributed by atoms with Crippen LogP contribution >= 0.6 is 0 Å². The Morgan fingerprint density at radius 2 is 1.36 bits per heavy atom. The van der Waals surface area contributed by atoms with E-state index in [1.54, 1.807) is 12.1 Å². The number of benzene rings is 2. The summed E-state index contributed by atoms with van der Waals surface area (Å²) in [6, 6.07) is 15.7. The molecule has 0 aromatic heterocycles. The van der Waals surface area contributed by atoms with E-state index in [0.29, 0.717) is 12.1 Å². The van der Waals surface area contributed by atoms with Crippen molar-refractivity contribution in [3.05, 3.63) is 60.6 Å². The minimum absolute atomic E-state index is 0.466. The van der Waals surface area contributed by atoms with E-state index in [-0.39, 0.29) is 0 Å². The maximum atomic E-state index is 7.82. The highest BCUT2D eigenvalue weighted by Crippen LogP contribution is 2.21. The highest BCUT2D eigenvalue weighted by molar-refractivity contribution is 5.61. The molecule has 2 aromatic carbocycles. The lowest BCUT2D eigenvalue weighted by Crippen LogP contribution is -2.08. The Bertz CT molecular complexity index is 451. The van der Waals surface area contributed by atoms with Crippen LogP contribution in [0.15, 0.2) is 60.6 Å². The number of anilines is 2. The van der Waals surface area contributed by atoms with Crippen molar-refractivity contribution < 1.29 is 2.74 Å². The minimum Gasteiger partial charge on any atom is -0.345 e. The van der Waals surface area contributed by atoms with Crippen LogP contribution in [0.5, 0.6) is 0 Å². The van der Waals surface area contributed by atoms with Crippen LogP contribution in [0.25, 0.3) is 0 Å². The molecule has 0 N–H and O–H groups in total. The van der Waals surface area contributed by atoms with Crippen molar-refractivity contribution >= 4 is 11.4 Å². The summed E-state index contributed by atoms with van der Waals surface area (Å²) in [5, 5.41) is 0. The molecule has 0 aliphatic heterocycles. The Labute approximate surface area is 87.4 Å². The predicted octanol–water partition coefficient (Wildman–Crippen LogP) is 3.45. The maximum absolute atomic E-state index is 7.82. The van der Waals surface area contributed by atoms with Gasteiger partial charge in [0, 0.05) is 18.4 Å². The summed E-state index contributed by atoms with van der Waals surface area (Å²) in [5.41, 5.74) is 1.62. The van der Waals surface area contributed by atoms with E-state index in [2.05, 4.69) is 0 Å². The lowest BCUT2D eigenvalue weighted by Gasteiger charge is -2.18. The van der Waals surface area contributed by atoms with Gasteiger partial charge in [-0.1, -0.05) is 36.4 Å². The Morgan fingerprint density at radius 3 is 1.79 bits per heavy atom. The normalized spacial score (nSPS) is 11.8. The first-order valence-corrected chi connectivity index (χ1v) is 4.55. The second-order valence-corrected chi connectivity index (χ2v) is 3.05. The van der Waals surface area contributed by atoms with Crippen LogP contribution in [0.2, 0.25) is 0 Å². The highest BCUT2D eigenvalue weighted by atomic mass is 15.1. The van der Waals surface area contributed by atoms with E-state index >= 15 is 0 Å². The summed E-state index contributed by atoms with van der Waals surface area (Å²) < 4.78 is 15.6. The average Bonchev–Trinajstić information content (AvgIpc) is 2.29. The van der Waals surface area contributed by atoms with Crippen molar-refractivity contribution in [2.24, 2.45) is 0 Å². The highest BCUT2D eigenvalue weighted by Gasteiger charge is 2.00. The molecule has 0 radical (unpaired) electrons. The van der Waals surface area contributed by atoms with Crippen LogP contribution in [-0.2, 0) is 0 Å². The molecule has 2 aromatic rings. The molecule has 0 saturated carbocycles. The molecule has 0 unspecified atom stereocenters. The zero-order valence-electron chi connectivity index (χ0n) is 10.1. The van der Waals surface area contributed by atoms with Crippen molar-refractivity contribution in [2.45, 2.75) is 0 Å². The molecule has 0 atom stereocenters. The smallest absolute Gasteiger partial charge is 0.0645 e. The molecule has 0 spiro atoms. The van der Waals surface area contributed by atoms with E-state index in [1.165, 1.54) is 0 Å². The predicted molar refractivity (Wildman–Crippen MR) is 60.9 cm³/mol. The summed E-state index contributed by atoms with van der Waals surface area (Å²) >= 11 is 0. The summed E-state index contributed by atoms with van der Waals surface area (Å²) in [5.74, 6) is 0. The molecule has 0 saturated heterocycles. The fourth-order valence-electron chi connectivity index (χ4n) is 1.31. The van der Waals surface area contributed by atoms with Gasteiger partial charge in [-0.3, -0.25) is 0 Å². The summed E-state index contributed by atoms with van der Waals surface area (Å²) in [6.07, 6.45) is 0. The molecule has 2 rings (SSSR count). The van der Waals surface area contributed by atoms with Crippen LogP contribution < -0.4 is 4.90 Å². The van der Waals surface area contributed by atoms with Gasteiger partial charge in [-0.25, -0.2) is 0 Å². The Hall–Kier alpha value is -1.76. The zero-order chi connectivity index (χ0) is 11.5. The van der Waals surface area contributed by atoms with Crippen molar-refractivity contribution in [1.82, 2.24) is 0 Å². The summed E-state index contributed by atoms with van der Waals surface area (Å²) in [7, 11) is 1.88. The molecular formula is C13H13N. The van der Waals surface area contributed by atoms with Crippen LogP contribution in [0, 0.1) is 0 Å². The molecule has 1 heteroatoms. The number of nitrogens with zero attached hydrogens (tertiary/aromatic N) is 1. The van der Waals surface area contributed by atoms with Crippen LogP contribution in [0.1, 0.15) is 2.74 Å². The number of hydrogen-bond acceptors (Lipinski definition) is 1. The van der Waals surface area contributed by atoms with Gasteiger partial charge in [0.05, 0.1) is 2.74 Å². The first kappa shape index (κ1) is 6.66. The number of hydrogen-bond donors (Lipinski definition) is 0. The van der Waals surface area contributed by atoms with Crippen molar-refractivity contribution in [1.29, 1.82) is 0 Å². The molecule has 70 valence electrons. The van der Waals surface area contributed by atoms with Crippen LogP contribution in [0.4, 0.5) is 11.4 Å². The lowest BCUT2D eigenvalue weighted by molar-refractivity contribution is 1.21. The van der Waals surface area contributed by atoms with Gasteiger partial charge in [0.2, 0.25) is 0 Å². The quantitative estimate of drug-likeness (QED) is 0.692. The zero-order valence-corrected chi connectivity index (χ0v) is 8.07. The fourth-order valence-corrected chi connectivity index (χ4v) is 1.31. The van der Waals surface area contributed by atoms with Crippen LogP contribution in [0.3, 0.4) is 0 Å². The molecule has 0 amide bonds. The van der Waals surface area contributed by atoms with Crippen molar-refractivity contribution in [2.75, 3.05) is 11.9 Å². The summed E-state index contributed by atoms with van der Waals surface area (Å²) in [6.45, 7) is 0. The Morgan fingerprint density at radius 1 is 0.857 bits per heavy atom. The van der Waals surface area contributed by atoms with E-state index in [9.17, 15) is 0 Å². The number of rotatable bonds is 2. The molecule has 0 aliphatic rings. The lowest BCUT2D eigenvalue weighted by atomic mass is 10.2. The Balaban J connectivity index is 2.44. The van der Waals surface area contributed by atoms with E-state index in [0.717, 1.165) is 11.4 Å². The third-order valence-electron chi connectivity index (χ3n) is 2.11. The van der Waals surface area contributed by atoms with E-state index < -0.39 is 0 Å². The monoisotopic (exact) mass is 185 g/mol. The van der Waals surface area contributed by atoms with Crippen molar-refractivity contribution in [3.63, 3.8) is 0 Å². The van der Waals surface area contributed by atoms with Gasteiger partial charge in [0.1, 0.15) is 0 Å². The van der Waals surface area contributed by atoms with Gasteiger partial charge in [0.15, 0.2) is 0 Å². The molecular weight excluding hydrogens is 170 g/mol. The third-order valence-corrected chi connectivity index (χ3v) is 2.11. The largest absolute Gasteiger partial charge is 0.345 e. The van der Waals surface area contributed by atoms with E-state index in [1.807, 2.05) is 48.3 Å². The van der Waals surface area contributed by atoms with Gasteiger partial charge < -0.3 is 4.90 Å². The topological polar surface area (TPSA) is 3.24 Å². The average molecular weight is 185 g/mol. The molecule has 0 heterocycles. The van der Waals surface area contributed by atoms with Crippen LogP contribution in [-0.4, -0.2) is 7.05 Å². The molecule has 14 heavy (non-hydrogen) atoms. The molecule has 0 fully saturated rings. The second kappa shape index (κ2) is 3.97. The number of para-hydroxylation sites is 2. The first-order valence-electron chi connectivity index (χ1n) is 5.55. The minimum atomic E-state index is 0.466. The van der Waals surface area contributed by atoms with Gasteiger partial charge in [-0.2, -0.15) is 0 Å². The van der Waals surface area contributed by atoms with Gasteiger partial charge in [0.25, 0.3) is 0 Å². The van der Waals surface area contributed by atoms with E-state index in [4.69, 9.17) is 2.74 Å². The summed E-state index contributed by atoms with van der Waals surface area (Å²) in [4.78, 5) is 1.87. The maximum Gasteiger partial charge on any atom is 0.0645 e.